The first-order valence-corrected chi connectivity index (χ1v) is 7.50. The van der Waals surface area contributed by atoms with E-state index in [2.05, 4.69) is 4.90 Å². The van der Waals surface area contributed by atoms with Gasteiger partial charge in [-0.2, -0.15) is 0 Å². The van der Waals surface area contributed by atoms with Crippen molar-refractivity contribution in [2.75, 3.05) is 13.1 Å². The highest BCUT2D eigenvalue weighted by Gasteiger charge is 2.33. The number of hydrogen-bond donors (Lipinski definition) is 1. The number of aliphatic hydroxyl groups excluding tert-OH is 1. The maximum absolute atomic E-state index is 13.1. The largest absolute Gasteiger partial charge is 0.388 e. The van der Waals surface area contributed by atoms with Crippen LogP contribution in [0.5, 0.6) is 0 Å². The van der Waals surface area contributed by atoms with Crippen LogP contribution in [0.2, 0.25) is 0 Å². The number of rotatable bonds is 7. The molecule has 2 aliphatic carbocycles. The average molecular weight is 281 g/mol. The first-order valence-electron chi connectivity index (χ1n) is 7.50. The Morgan fingerprint density at radius 2 is 1.75 bits per heavy atom. The Labute approximate surface area is 118 Å². The predicted molar refractivity (Wildman–Crippen MR) is 73.3 cm³/mol. The van der Waals surface area contributed by atoms with E-state index in [9.17, 15) is 13.9 Å². The summed E-state index contributed by atoms with van der Waals surface area (Å²) in [7, 11) is 0. The van der Waals surface area contributed by atoms with Crippen LogP contribution in [-0.4, -0.2) is 29.1 Å². The van der Waals surface area contributed by atoms with Gasteiger partial charge in [0.15, 0.2) is 0 Å². The van der Waals surface area contributed by atoms with Gasteiger partial charge >= 0.3 is 0 Å². The van der Waals surface area contributed by atoms with Crippen LogP contribution < -0.4 is 0 Å². The summed E-state index contributed by atoms with van der Waals surface area (Å²) in [5, 5.41) is 10.1. The molecule has 1 aromatic rings. The molecule has 1 N–H and O–H groups in total. The molecule has 1 unspecified atom stereocenters. The van der Waals surface area contributed by atoms with Crippen LogP contribution in [-0.2, 0) is 0 Å². The van der Waals surface area contributed by atoms with E-state index in [0.29, 0.717) is 18.0 Å². The third-order valence-electron chi connectivity index (χ3n) is 4.21. The first-order chi connectivity index (χ1) is 9.61. The van der Waals surface area contributed by atoms with Gasteiger partial charge in [-0.3, -0.25) is 0 Å². The van der Waals surface area contributed by atoms with Crippen LogP contribution in [0.1, 0.15) is 43.8 Å². The third-order valence-corrected chi connectivity index (χ3v) is 4.21. The smallest absolute Gasteiger partial charge is 0.126 e. The zero-order valence-corrected chi connectivity index (χ0v) is 11.6. The molecule has 0 saturated heterocycles. The van der Waals surface area contributed by atoms with Crippen molar-refractivity contribution in [1.29, 1.82) is 0 Å². The van der Waals surface area contributed by atoms with Crippen LogP contribution >= 0.6 is 0 Å². The lowest BCUT2D eigenvalue weighted by Crippen LogP contribution is -2.30. The highest BCUT2D eigenvalue weighted by molar-refractivity contribution is 5.20. The van der Waals surface area contributed by atoms with E-state index < -0.39 is 17.7 Å². The van der Waals surface area contributed by atoms with Crippen LogP contribution in [0.3, 0.4) is 0 Å². The van der Waals surface area contributed by atoms with Crippen LogP contribution in [0, 0.1) is 17.6 Å². The molecule has 0 heterocycles. The fraction of sp³-hybridized carbons (Fsp3) is 0.625. The number of nitrogens with zero attached hydrogens (tertiary/aromatic N) is 1. The maximum atomic E-state index is 13.1. The van der Waals surface area contributed by atoms with Crippen molar-refractivity contribution in [3.63, 3.8) is 0 Å². The van der Waals surface area contributed by atoms with E-state index in [1.807, 2.05) is 0 Å². The topological polar surface area (TPSA) is 23.5 Å². The number of benzene rings is 1. The average Bonchev–Trinajstić information content (AvgIpc) is 3.25. The van der Waals surface area contributed by atoms with Crippen LogP contribution in [0.25, 0.3) is 0 Å². The Hall–Kier alpha value is -1.00. The molecule has 0 aliphatic heterocycles. The summed E-state index contributed by atoms with van der Waals surface area (Å²) in [5.74, 6) is -0.425. The van der Waals surface area contributed by atoms with Crippen molar-refractivity contribution in [3.05, 3.63) is 35.4 Å². The molecule has 2 nitrogen and oxygen atoms in total. The zero-order chi connectivity index (χ0) is 14.1. The van der Waals surface area contributed by atoms with Gasteiger partial charge in [0.05, 0.1) is 6.10 Å². The molecule has 3 rings (SSSR count). The minimum absolute atomic E-state index is 0.338. The summed E-state index contributed by atoms with van der Waals surface area (Å²) in [6, 6.07) is 3.94. The second kappa shape index (κ2) is 5.78. The summed E-state index contributed by atoms with van der Waals surface area (Å²) in [5.41, 5.74) is 0.338. The lowest BCUT2D eigenvalue weighted by atomic mass is 10.1. The van der Waals surface area contributed by atoms with Gasteiger partial charge in [-0.05, 0) is 55.7 Å². The number of halogens is 2. The third kappa shape index (κ3) is 3.76. The molecule has 2 fully saturated rings. The minimum atomic E-state index is -0.791. The molecule has 4 heteroatoms. The molecule has 1 atom stereocenters. The molecule has 2 aliphatic rings. The van der Waals surface area contributed by atoms with Crippen molar-refractivity contribution in [2.45, 2.75) is 44.2 Å². The van der Waals surface area contributed by atoms with E-state index in [1.54, 1.807) is 0 Å². The Bertz CT molecular complexity index is 451. The summed E-state index contributed by atoms with van der Waals surface area (Å²) in [4.78, 5) is 2.44. The van der Waals surface area contributed by atoms with Crippen molar-refractivity contribution in [3.8, 4) is 0 Å². The van der Waals surface area contributed by atoms with Crippen LogP contribution in [0.15, 0.2) is 18.2 Å². The van der Waals surface area contributed by atoms with E-state index in [0.717, 1.165) is 25.1 Å². The zero-order valence-electron chi connectivity index (χ0n) is 11.6. The maximum Gasteiger partial charge on any atom is 0.126 e. The highest BCUT2D eigenvalue weighted by Crippen LogP contribution is 2.35. The molecule has 0 spiro atoms. The monoisotopic (exact) mass is 281 g/mol. The molecule has 0 bridgehead atoms. The number of hydrogen-bond acceptors (Lipinski definition) is 2. The number of aliphatic hydroxyl groups is 1. The Morgan fingerprint density at radius 3 is 2.30 bits per heavy atom. The molecule has 0 amide bonds. The predicted octanol–water partition coefficient (Wildman–Crippen LogP) is 3.26. The van der Waals surface area contributed by atoms with Gasteiger partial charge in [0.2, 0.25) is 0 Å². The summed E-state index contributed by atoms with van der Waals surface area (Å²) >= 11 is 0. The van der Waals surface area contributed by atoms with Gasteiger partial charge in [0.25, 0.3) is 0 Å². The van der Waals surface area contributed by atoms with Gasteiger partial charge in [-0.15, -0.1) is 0 Å². The van der Waals surface area contributed by atoms with Crippen LogP contribution in [0.4, 0.5) is 8.78 Å². The molecule has 110 valence electrons. The summed E-state index contributed by atoms with van der Waals surface area (Å²) in [6.07, 6.45) is 4.88. The molecule has 0 aromatic heterocycles. The fourth-order valence-electron chi connectivity index (χ4n) is 2.72. The van der Waals surface area contributed by atoms with Crippen molar-refractivity contribution in [2.24, 2.45) is 5.92 Å². The van der Waals surface area contributed by atoms with Gasteiger partial charge in [0, 0.05) is 25.2 Å². The lowest BCUT2D eigenvalue weighted by molar-refractivity contribution is 0.136. The molecular formula is C16H21F2NO. The SMILES string of the molecule is OC(CCN(CC1CC1)C1CC1)c1cc(F)cc(F)c1. The van der Waals surface area contributed by atoms with Gasteiger partial charge < -0.3 is 10.0 Å². The Balaban J connectivity index is 1.55. The fourth-order valence-corrected chi connectivity index (χ4v) is 2.72. The molecule has 1 aromatic carbocycles. The quantitative estimate of drug-likeness (QED) is 0.829. The van der Waals surface area contributed by atoms with Gasteiger partial charge in [0.1, 0.15) is 11.6 Å². The van der Waals surface area contributed by atoms with Crippen molar-refractivity contribution < 1.29 is 13.9 Å². The highest BCUT2D eigenvalue weighted by atomic mass is 19.1. The van der Waals surface area contributed by atoms with Crippen molar-refractivity contribution >= 4 is 0 Å². The normalized spacial score (nSPS) is 20.4. The summed E-state index contributed by atoms with van der Waals surface area (Å²) < 4.78 is 26.3. The Morgan fingerprint density at radius 1 is 1.10 bits per heavy atom. The van der Waals surface area contributed by atoms with E-state index in [1.165, 1.54) is 37.8 Å². The van der Waals surface area contributed by atoms with E-state index in [-0.39, 0.29) is 0 Å². The first kappa shape index (κ1) is 14.0. The van der Waals surface area contributed by atoms with E-state index >= 15 is 0 Å². The molecule has 0 radical (unpaired) electrons. The van der Waals surface area contributed by atoms with Crippen molar-refractivity contribution in [1.82, 2.24) is 4.90 Å². The van der Waals surface area contributed by atoms with Gasteiger partial charge in [-0.1, -0.05) is 0 Å². The lowest BCUT2D eigenvalue weighted by Gasteiger charge is -2.23. The molecular weight excluding hydrogens is 260 g/mol. The second-order valence-electron chi connectivity index (χ2n) is 6.18. The summed E-state index contributed by atoms with van der Waals surface area (Å²) in [6.45, 7) is 1.93. The molecule has 20 heavy (non-hydrogen) atoms. The molecule has 2 saturated carbocycles. The van der Waals surface area contributed by atoms with Gasteiger partial charge in [-0.25, -0.2) is 8.78 Å². The second-order valence-corrected chi connectivity index (χ2v) is 6.18. The standard InChI is InChI=1S/C16H21F2NO/c17-13-7-12(8-14(18)9-13)16(20)5-6-19(15-3-4-15)10-11-1-2-11/h7-9,11,15-16,20H,1-6,10H2. The minimum Gasteiger partial charge on any atom is -0.388 e. The Kier molecular flexibility index (Phi) is 4.03. The van der Waals surface area contributed by atoms with E-state index in [4.69, 9.17) is 0 Å².